The van der Waals surface area contributed by atoms with Gasteiger partial charge < -0.3 is 34.8 Å². The van der Waals surface area contributed by atoms with E-state index in [0.29, 0.717) is 45.3 Å². The lowest BCUT2D eigenvalue weighted by atomic mass is 9.99. The van der Waals surface area contributed by atoms with Gasteiger partial charge in [-0.05, 0) is 55.0 Å². The molecule has 0 radical (unpaired) electrons. The molecule has 0 unspecified atom stereocenters. The molecule has 0 spiro atoms. The van der Waals surface area contributed by atoms with Crippen LogP contribution in [0.4, 0.5) is 8.78 Å². The molecule has 4 N–H and O–H groups in total. The van der Waals surface area contributed by atoms with Crippen LogP contribution in [0, 0.1) is 0 Å². The van der Waals surface area contributed by atoms with E-state index >= 15 is 0 Å². The molecule has 0 saturated carbocycles. The number of hydrogen-bond donors (Lipinski definition) is 4. The van der Waals surface area contributed by atoms with Crippen LogP contribution in [-0.2, 0) is 37.6 Å². The zero-order chi connectivity index (χ0) is 33.0. The molecule has 2 fully saturated rings. The molecule has 46 heavy (non-hydrogen) atoms. The van der Waals surface area contributed by atoms with Crippen LogP contribution >= 0.6 is 7.60 Å². The second-order valence-corrected chi connectivity index (χ2v) is 13.8. The number of H-pyrrole nitrogens is 1. The largest absolute Gasteiger partial charge is 0.399 e. The number of aromatic nitrogens is 1. The molecule has 3 aromatic rings. The van der Waals surface area contributed by atoms with Gasteiger partial charge in [0.15, 0.2) is 0 Å². The van der Waals surface area contributed by atoms with Gasteiger partial charge in [-0.15, -0.1) is 0 Å². The number of nitrogens with one attached hydrogen (secondary N) is 2. The highest BCUT2D eigenvalue weighted by atomic mass is 31.2. The first-order chi connectivity index (χ1) is 21.7. The predicted octanol–water partition coefficient (Wildman–Crippen LogP) is 2.69. The van der Waals surface area contributed by atoms with E-state index in [1.807, 2.05) is 24.3 Å². The fourth-order valence-electron chi connectivity index (χ4n) is 6.75. The summed E-state index contributed by atoms with van der Waals surface area (Å²) in [7, 11) is -5.80. The molecular formula is C31H34F2N5O7P. The maximum Gasteiger partial charge on any atom is 0.399 e. The Morgan fingerprint density at radius 3 is 2.46 bits per heavy atom. The third-order valence-corrected chi connectivity index (χ3v) is 10.2. The lowest BCUT2D eigenvalue weighted by Gasteiger charge is -2.40. The molecular weight excluding hydrogens is 623 g/mol. The quantitative estimate of drug-likeness (QED) is 0.307. The maximum absolute atomic E-state index is 14.3. The number of carbonyl (C=O) groups excluding carboxylic acids is 4. The van der Waals surface area contributed by atoms with E-state index in [1.165, 1.54) is 29.5 Å². The molecule has 3 atom stereocenters. The van der Waals surface area contributed by atoms with E-state index in [4.69, 9.17) is 9.79 Å². The molecule has 4 amide bonds. The maximum atomic E-state index is 14.3. The van der Waals surface area contributed by atoms with Gasteiger partial charge in [0.05, 0.1) is 0 Å². The second-order valence-electron chi connectivity index (χ2n) is 12.1. The third-order valence-electron chi connectivity index (χ3n) is 9.25. The van der Waals surface area contributed by atoms with Crippen molar-refractivity contribution in [2.24, 2.45) is 0 Å². The number of rotatable bonds is 5. The fourth-order valence-corrected chi connectivity index (χ4v) is 7.23. The van der Waals surface area contributed by atoms with Crippen molar-refractivity contribution in [1.82, 2.24) is 25.0 Å². The molecule has 0 bridgehead atoms. The van der Waals surface area contributed by atoms with Crippen LogP contribution in [0.2, 0.25) is 0 Å². The molecule has 244 valence electrons. The normalized spacial score (nSPS) is 22.2. The zero-order valence-electron chi connectivity index (χ0n) is 25.0. The number of amides is 4. The van der Waals surface area contributed by atoms with E-state index in [0.717, 1.165) is 17.7 Å². The summed E-state index contributed by atoms with van der Waals surface area (Å²) in [4.78, 5) is 79.8. The van der Waals surface area contributed by atoms with Crippen molar-refractivity contribution in [1.29, 1.82) is 0 Å². The molecule has 2 saturated heterocycles. The van der Waals surface area contributed by atoms with Crippen LogP contribution in [0.25, 0.3) is 10.9 Å². The van der Waals surface area contributed by atoms with Crippen molar-refractivity contribution < 1.29 is 42.3 Å². The highest BCUT2D eigenvalue weighted by molar-refractivity contribution is 7.52. The lowest BCUT2D eigenvalue weighted by Crippen LogP contribution is -2.61. The number of halogens is 2. The topological polar surface area (TPSA) is 163 Å². The van der Waals surface area contributed by atoms with Gasteiger partial charge in [0.1, 0.15) is 17.8 Å². The lowest BCUT2D eigenvalue weighted by molar-refractivity contribution is -0.149. The van der Waals surface area contributed by atoms with Gasteiger partial charge in [-0.2, -0.15) is 8.78 Å². The summed E-state index contributed by atoms with van der Waals surface area (Å²) < 4.78 is 40.0. The second kappa shape index (κ2) is 11.9. The van der Waals surface area contributed by atoms with Crippen LogP contribution in [0.5, 0.6) is 0 Å². The first-order valence-corrected chi connectivity index (χ1v) is 16.7. The Balaban J connectivity index is 1.24. The Kier molecular flexibility index (Phi) is 8.24. The monoisotopic (exact) mass is 657 g/mol. The van der Waals surface area contributed by atoms with Crippen molar-refractivity contribution in [3.63, 3.8) is 0 Å². The molecule has 4 heterocycles. The molecule has 0 aliphatic carbocycles. The van der Waals surface area contributed by atoms with Gasteiger partial charge in [-0.3, -0.25) is 23.7 Å². The Hall–Kier alpha value is -4.13. The van der Waals surface area contributed by atoms with Crippen molar-refractivity contribution in [3.8, 4) is 0 Å². The van der Waals surface area contributed by atoms with E-state index in [-0.39, 0.29) is 41.0 Å². The number of carbonyl (C=O) groups is 4. The van der Waals surface area contributed by atoms with Crippen LogP contribution in [0.1, 0.15) is 53.4 Å². The van der Waals surface area contributed by atoms with Gasteiger partial charge >= 0.3 is 13.3 Å². The van der Waals surface area contributed by atoms with Gasteiger partial charge in [-0.25, -0.2) is 0 Å². The molecule has 6 rings (SSSR count). The molecule has 3 aliphatic rings. The molecule has 12 nitrogen and oxygen atoms in total. The van der Waals surface area contributed by atoms with Crippen molar-refractivity contribution in [2.45, 2.75) is 62.9 Å². The van der Waals surface area contributed by atoms with Crippen molar-refractivity contribution >= 4 is 42.1 Å². The number of nitrogens with zero attached hydrogens (tertiary/aromatic N) is 3. The van der Waals surface area contributed by atoms with Crippen LogP contribution < -0.4 is 5.32 Å². The minimum absolute atomic E-state index is 0.0894. The minimum atomic E-state index is -5.80. The van der Waals surface area contributed by atoms with E-state index in [1.54, 1.807) is 9.80 Å². The Bertz CT molecular complexity index is 1770. The Labute approximate surface area is 262 Å². The molecule has 2 aromatic carbocycles. The molecule has 1 aromatic heterocycles. The first kappa shape index (κ1) is 31.8. The van der Waals surface area contributed by atoms with E-state index in [2.05, 4.69) is 10.3 Å². The van der Waals surface area contributed by atoms with Crippen LogP contribution in [0.3, 0.4) is 0 Å². The van der Waals surface area contributed by atoms with Crippen molar-refractivity contribution in [2.75, 3.05) is 19.6 Å². The first-order valence-electron chi connectivity index (χ1n) is 15.1. The smallest absolute Gasteiger partial charge is 0.351 e. The van der Waals surface area contributed by atoms with Crippen LogP contribution in [0.15, 0.2) is 48.5 Å². The van der Waals surface area contributed by atoms with E-state index < -0.39 is 42.7 Å². The number of aromatic amines is 1. The zero-order valence-corrected chi connectivity index (χ0v) is 25.9. The number of fused-ring (bicyclic) bond motifs is 3. The van der Waals surface area contributed by atoms with Gasteiger partial charge in [0, 0.05) is 55.6 Å². The average Bonchev–Trinajstić information content (AvgIpc) is 3.64. The summed E-state index contributed by atoms with van der Waals surface area (Å²) in [6.07, 6.45) is 2.23. The van der Waals surface area contributed by atoms with E-state index in [9.17, 15) is 32.5 Å². The molecule has 3 aliphatic heterocycles. The summed E-state index contributed by atoms with van der Waals surface area (Å²) in [5.41, 5.74) is -2.94. The van der Waals surface area contributed by atoms with Crippen molar-refractivity contribution in [3.05, 3.63) is 70.9 Å². The number of alkyl halides is 2. The standard InChI is InChI=1S/C31H34F2N5O7P/c1-18(39)36-13-11-23-7-9-27(30(42)37-12-10-19-4-2-3-5-20(19)16-37)38(23)29(41)26(17-36)35-28(40)25-15-21-14-22(6-8-24(21)34-25)31(32,33)46(43,44)45/h2-6,8,14-15,23,26-27,34H,7,9-13,16-17H2,1H3,(H,35,40)(H2,43,44,45)/t23-,26+,27+/m1/s1. The summed E-state index contributed by atoms with van der Waals surface area (Å²) >= 11 is 0. The third kappa shape index (κ3) is 5.80. The summed E-state index contributed by atoms with van der Waals surface area (Å²) in [5.74, 6) is -1.68. The van der Waals surface area contributed by atoms with Gasteiger partial charge in [-0.1, -0.05) is 30.3 Å². The van der Waals surface area contributed by atoms with Gasteiger partial charge in [0.2, 0.25) is 17.7 Å². The number of benzene rings is 2. The molecule has 15 heteroatoms. The fraction of sp³-hybridized carbons (Fsp3) is 0.419. The number of hydrogen-bond acceptors (Lipinski definition) is 5. The minimum Gasteiger partial charge on any atom is -0.351 e. The van der Waals surface area contributed by atoms with Crippen LogP contribution in [-0.4, -0.2) is 90.9 Å². The average molecular weight is 658 g/mol. The summed E-state index contributed by atoms with van der Waals surface area (Å²) in [6.45, 7) is 2.55. The Morgan fingerprint density at radius 2 is 1.74 bits per heavy atom. The van der Waals surface area contributed by atoms with Gasteiger partial charge in [0.25, 0.3) is 5.91 Å². The predicted molar refractivity (Wildman–Crippen MR) is 162 cm³/mol. The summed E-state index contributed by atoms with van der Waals surface area (Å²) in [6, 6.07) is 9.86. The SMILES string of the molecule is CC(=O)N1CC[C@H]2CC[C@@H](C(=O)N3CCc4ccccc4C3)N2C(=O)[C@@H](NC(=O)c2cc3cc(C(F)(F)P(=O)(O)O)ccc3[nH]2)C1. The highest BCUT2D eigenvalue weighted by Crippen LogP contribution is 2.59. The Morgan fingerprint density at radius 1 is 1.00 bits per heavy atom. The summed E-state index contributed by atoms with van der Waals surface area (Å²) in [5, 5.41) is 2.78. The highest BCUT2D eigenvalue weighted by Gasteiger charge is 2.50.